The summed E-state index contributed by atoms with van der Waals surface area (Å²) in [7, 11) is 0. The average molecular weight is 158 g/mol. The van der Waals surface area contributed by atoms with Gasteiger partial charge in [0, 0.05) is 12.5 Å². The lowest BCUT2D eigenvalue weighted by Crippen LogP contribution is -2.07. The average Bonchev–Trinajstić information content (AvgIpc) is 1.78. The van der Waals surface area contributed by atoms with Crippen LogP contribution < -0.4 is 0 Å². The molecule has 0 N–H and O–H groups in total. The van der Waals surface area contributed by atoms with E-state index in [0.717, 1.165) is 5.75 Å². The molecule has 0 fully saturated rings. The molecule has 0 aromatic heterocycles. The Bertz CT molecular complexity index is 124. The Hall–Kier alpha value is -0.310. The van der Waals surface area contributed by atoms with Crippen LogP contribution in [-0.2, 0) is 0 Å². The first kappa shape index (κ1) is 9.69. The second-order valence-electron chi connectivity index (χ2n) is 3.23. The molecule has 0 aliphatic heterocycles. The van der Waals surface area contributed by atoms with Crippen LogP contribution in [0.5, 0.6) is 0 Å². The van der Waals surface area contributed by atoms with E-state index in [-0.39, 0.29) is 0 Å². The van der Waals surface area contributed by atoms with Gasteiger partial charge in [0.05, 0.1) is 5.55 Å². The van der Waals surface area contributed by atoms with Crippen molar-refractivity contribution in [2.45, 2.75) is 20.8 Å². The lowest BCUT2D eigenvalue weighted by Gasteiger charge is -2.14. The molecule has 0 rings (SSSR count). The second kappa shape index (κ2) is 4.50. The maximum Gasteiger partial charge on any atom is 0.0824 e. The summed E-state index contributed by atoms with van der Waals surface area (Å²) in [6.45, 7) is 9.80. The Morgan fingerprint density at radius 3 is 2.50 bits per heavy atom. The Balaban J connectivity index is 3.37. The van der Waals surface area contributed by atoms with E-state index in [1.54, 1.807) is 17.3 Å². The summed E-state index contributed by atoms with van der Waals surface area (Å²) in [5.74, 6) is 1.06. The summed E-state index contributed by atoms with van der Waals surface area (Å²) in [4.78, 5) is 0. The van der Waals surface area contributed by atoms with Gasteiger partial charge in [-0.1, -0.05) is 20.8 Å². The first-order chi connectivity index (χ1) is 4.56. The third kappa shape index (κ3) is 7.69. The molecule has 0 aromatic carbocycles. The molecule has 3 heteroatoms. The summed E-state index contributed by atoms with van der Waals surface area (Å²) < 4.78 is 0. The molecule has 0 saturated carbocycles. The van der Waals surface area contributed by atoms with Crippen molar-refractivity contribution in [1.82, 2.24) is 0 Å². The normalized spacial score (nSPS) is 12.3. The van der Waals surface area contributed by atoms with E-state index in [0.29, 0.717) is 5.41 Å². The predicted octanol–water partition coefficient (Wildman–Crippen LogP) is 2.41. The number of rotatable bonds is 3. The van der Waals surface area contributed by atoms with Crippen molar-refractivity contribution in [1.29, 1.82) is 0 Å². The maximum absolute atomic E-state index is 3.63. The van der Waals surface area contributed by atoms with Crippen LogP contribution in [0.1, 0.15) is 20.8 Å². The maximum atomic E-state index is 3.63. The minimum absolute atomic E-state index is 0.359. The molecule has 0 saturated heterocycles. The summed E-state index contributed by atoms with van der Waals surface area (Å²) >= 11 is 1.66. The Kier molecular flexibility index (Phi) is 4.36. The highest BCUT2D eigenvalue weighted by Crippen LogP contribution is 2.18. The van der Waals surface area contributed by atoms with Crippen LogP contribution in [0, 0.1) is 5.41 Å². The van der Waals surface area contributed by atoms with Gasteiger partial charge >= 0.3 is 0 Å². The van der Waals surface area contributed by atoms with Crippen molar-refractivity contribution in [2.24, 2.45) is 15.6 Å². The van der Waals surface area contributed by atoms with E-state index in [2.05, 4.69) is 37.7 Å². The fourth-order valence-electron chi connectivity index (χ4n) is 0.354. The van der Waals surface area contributed by atoms with Gasteiger partial charge in [-0.3, -0.25) is 0 Å². The van der Waals surface area contributed by atoms with E-state index in [1.807, 2.05) is 0 Å². The van der Waals surface area contributed by atoms with E-state index < -0.39 is 0 Å². The van der Waals surface area contributed by atoms with E-state index in [9.17, 15) is 0 Å². The standard InChI is InChI=1S/C7H14N2S/c1-7(2,3)5-10-6-9-8-4/h6H,4-5H2,1-3H3/b9-6-. The minimum atomic E-state index is 0.359. The molecule has 10 heavy (non-hydrogen) atoms. The fraction of sp³-hybridized carbons (Fsp3) is 0.714. The topological polar surface area (TPSA) is 24.7 Å². The molecule has 0 bridgehead atoms. The minimum Gasteiger partial charge on any atom is -0.167 e. The monoisotopic (exact) mass is 158 g/mol. The largest absolute Gasteiger partial charge is 0.167 e. The Morgan fingerprint density at radius 2 is 2.10 bits per heavy atom. The molecule has 0 atom stereocenters. The highest BCUT2D eigenvalue weighted by Gasteiger charge is 2.08. The molecule has 0 aliphatic rings. The van der Waals surface area contributed by atoms with E-state index in [1.165, 1.54) is 0 Å². The summed E-state index contributed by atoms with van der Waals surface area (Å²) in [5, 5.41) is 6.98. The quantitative estimate of drug-likeness (QED) is 0.351. The summed E-state index contributed by atoms with van der Waals surface area (Å²) in [5.41, 5.74) is 2.08. The van der Waals surface area contributed by atoms with Gasteiger partial charge in [0.1, 0.15) is 0 Å². The lowest BCUT2D eigenvalue weighted by atomic mass is 10.0. The third-order valence-electron chi connectivity index (χ3n) is 0.720. The van der Waals surface area contributed by atoms with Crippen molar-refractivity contribution in [3.8, 4) is 0 Å². The van der Waals surface area contributed by atoms with Crippen LogP contribution in [-0.4, -0.2) is 18.0 Å². The number of nitrogens with zero attached hydrogens (tertiary/aromatic N) is 2. The third-order valence-corrected chi connectivity index (χ3v) is 2.00. The van der Waals surface area contributed by atoms with E-state index in [4.69, 9.17) is 0 Å². The van der Waals surface area contributed by atoms with Crippen LogP contribution in [0.3, 0.4) is 0 Å². The Morgan fingerprint density at radius 1 is 1.50 bits per heavy atom. The van der Waals surface area contributed by atoms with Crippen LogP contribution in [0.4, 0.5) is 0 Å². The van der Waals surface area contributed by atoms with Crippen molar-refractivity contribution in [2.75, 3.05) is 5.75 Å². The molecule has 2 nitrogen and oxygen atoms in total. The van der Waals surface area contributed by atoms with Gasteiger partial charge in [-0.25, -0.2) is 0 Å². The molecule has 0 unspecified atom stereocenters. The number of hydrogen-bond acceptors (Lipinski definition) is 3. The van der Waals surface area contributed by atoms with Crippen LogP contribution in [0.25, 0.3) is 0 Å². The Labute approximate surface area is 66.8 Å². The zero-order valence-electron chi connectivity index (χ0n) is 6.79. The van der Waals surface area contributed by atoms with Crippen LogP contribution in [0.15, 0.2) is 10.2 Å². The van der Waals surface area contributed by atoms with Gasteiger partial charge in [0.15, 0.2) is 0 Å². The van der Waals surface area contributed by atoms with Gasteiger partial charge in [-0.15, -0.1) is 11.8 Å². The van der Waals surface area contributed by atoms with Crippen molar-refractivity contribution in [3.63, 3.8) is 0 Å². The van der Waals surface area contributed by atoms with Gasteiger partial charge < -0.3 is 0 Å². The molecule has 0 spiro atoms. The van der Waals surface area contributed by atoms with Gasteiger partial charge in [-0.05, 0) is 5.41 Å². The molecule has 0 aliphatic carbocycles. The smallest absolute Gasteiger partial charge is 0.0824 e. The highest BCUT2D eigenvalue weighted by molar-refractivity contribution is 8.12. The van der Waals surface area contributed by atoms with Crippen molar-refractivity contribution >= 4 is 24.0 Å². The SMILES string of the molecule is C=N/N=C\SCC(C)(C)C. The summed E-state index contributed by atoms with van der Waals surface area (Å²) in [6, 6.07) is 0. The molecule has 0 amide bonds. The zero-order chi connectivity index (χ0) is 8.04. The second-order valence-corrected chi connectivity index (χ2v) is 4.07. The van der Waals surface area contributed by atoms with Crippen LogP contribution >= 0.6 is 11.8 Å². The first-order valence-electron chi connectivity index (χ1n) is 3.15. The lowest BCUT2D eigenvalue weighted by molar-refractivity contribution is 0.481. The highest BCUT2D eigenvalue weighted by atomic mass is 32.2. The van der Waals surface area contributed by atoms with Gasteiger partial charge in [0.2, 0.25) is 0 Å². The number of hydrogen-bond donors (Lipinski definition) is 0. The first-order valence-corrected chi connectivity index (χ1v) is 4.20. The summed E-state index contributed by atoms with van der Waals surface area (Å²) in [6.07, 6.45) is 0. The van der Waals surface area contributed by atoms with E-state index >= 15 is 0 Å². The molecular weight excluding hydrogens is 144 g/mol. The van der Waals surface area contributed by atoms with Crippen molar-refractivity contribution in [3.05, 3.63) is 0 Å². The molecule has 0 radical (unpaired) electrons. The van der Waals surface area contributed by atoms with Crippen LogP contribution in [0.2, 0.25) is 0 Å². The predicted molar refractivity (Wildman–Crippen MR) is 50.0 cm³/mol. The van der Waals surface area contributed by atoms with Crippen molar-refractivity contribution < 1.29 is 0 Å². The number of thioether (sulfide) groups is 1. The molecule has 0 aromatic rings. The van der Waals surface area contributed by atoms with Gasteiger partial charge in [0.25, 0.3) is 0 Å². The molecular formula is C7H14N2S. The molecule has 0 heterocycles. The van der Waals surface area contributed by atoms with Gasteiger partial charge in [-0.2, -0.15) is 10.2 Å². The zero-order valence-corrected chi connectivity index (χ0v) is 7.61. The molecule has 58 valence electrons. The fourth-order valence-corrected chi connectivity index (χ4v) is 1.06.